The Balaban J connectivity index is 1.91. The number of aromatic nitrogens is 2. The Labute approximate surface area is 97.1 Å². The number of rotatable bonds is 4. The second-order valence-corrected chi connectivity index (χ2v) is 4.54. The molecule has 2 rings (SSSR count). The van der Waals surface area contributed by atoms with Crippen LogP contribution in [0.5, 0.6) is 0 Å². The van der Waals surface area contributed by atoms with Gasteiger partial charge in [0.25, 0.3) is 0 Å². The lowest BCUT2D eigenvalue weighted by atomic mass is 10.1. The van der Waals surface area contributed by atoms with E-state index in [2.05, 4.69) is 34.2 Å². The second-order valence-electron chi connectivity index (χ2n) is 4.54. The van der Waals surface area contributed by atoms with Crippen LogP contribution in [0, 0.1) is 0 Å². The molecule has 1 aromatic rings. The van der Waals surface area contributed by atoms with Gasteiger partial charge >= 0.3 is 0 Å². The van der Waals surface area contributed by atoms with Crippen LogP contribution in [0.4, 0.5) is 0 Å². The second kappa shape index (κ2) is 5.37. The van der Waals surface area contributed by atoms with Gasteiger partial charge in [0, 0.05) is 31.2 Å². The molecule has 1 aliphatic heterocycles. The van der Waals surface area contributed by atoms with Crippen LogP contribution in [-0.2, 0) is 0 Å². The van der Waals surface area contributed by atoms with Crippen molar-refractivity contribution in [3.63, 3.8) is 0 Å². The molecule has 1 fully saturated rings. The quantitative estimate of drug-likeness (QED) is 0.828. The average molecular weight is 220 g/mol. The molecule has 0 aliphatic carbocycles. The first-order valence-electron chi connectivity index (χ1n) is 5.97. The first kappa shape index (κ1) is 11.5. The smallest absolute Gasteiger partial charge is 0.0755 e. The highest BCUT2D eigenvalue weighted by Gasteiger charge is 2.20. The van der Waals surface area contributed by atoms with E-state index in [1.807, 2.05) is 6.20 Å². The molecule has 4 nitrogen and oxygen atoms in total. The normalized spacial score (nSPS) is 22.6. The molecule has 0 unspecified atom stereocenters. The minimum absolute atomic E-state index is 0.330. The summed E-state index contributed by atoms with van der Waals surface area (Å²) < 4.78 is 0. The summed E-state index contributed by atoms with van der Waals surface area (Å²) in [7, 11) is 2.15. The van der Waals surface area contributed by atoms with Gasteiger partial charge in [-0.25, -0.2) is 0 Å². The van der Waals surface area contributed by atoms with Gasteiger partial charge in [0.05, 0.1) is 11.7 Å². The molecular formula is C12H20N4. The van der Waals surface area contributed by atoms with Crippen molar-refractivity contribution in [2.45, 2.75) is 31.8 Å². The predicted molar refractivity (Wildman–Crippen MR) is 64.1 cm³/mol. The number of likely N-dealkylation sites (N-methyl/N-ethyl adjacent to an activating group) is 1. The van der Waals surface area contributed by atoms with E-state index in [4.69, 9.17) is 0 Å². The lowest BCUT2D eigenvalue weighted by Crippen LogP contribution is -2.36. The maximum absolute atomic E-state index is 4.35. The molecule has 1 aromatic heterocycles. The van der Waals surface area contributed by atoms with Gasteiger partial charge in [-0.05, 0) is 33.4 Å². The van der Waals surface area contributed by atoms with E-state index in [0.717, 1.165) is 18.8 Å². The lowest BCUT2D eigenvalue weighted by Gasteiger charge is -2.26. The summed E-state index contributed by atoms with van der Waals surface area (Å²) >= 11 is 0. The van der Waals surface area contributed by atoms with E-state index in [1.165, 1.54) is 12.8 Å². The molecule has 0 spiro atoms. The monoisotopic (exact) mass is 220 g/mol. The van der Waals surface area contributed by atoms with Gasteiger partial charge in [-0.3, -0.25) is 14.9 Å². The number of hydrogen-bond acceptors (Lipinski definition) is 4. The molecular weight excluding hydrogens is 200 g/mol. The topological polar surface area (TPSA) is 41.1 Å². The summed E-state index contributed by atoms with van der Waals surface area (Å²) in [6.07, 6.45) is 7.92. The summed E-state index contributed by atoms with van der Waals surface area (Å²) in [4.78, 5) is 10.8. The number of hydrogen-bond donors (Lipinski definition) is 1. The Morgan fingerprint density at radius 3 is 3.06 bits per heavy atom. The molecule has 0 amide bonds. The molecule has 0 aromatic carbocycles. The third kappa shape index (κ3) is 2.77. The van der Waals surface area contributed by atoms with Crippen LogP contribution in [0.1, 0.15) is 31.5 Å². The Hall–Kier alpha value is -1.00. The van der Waals surface area contributed by atoms with Crippen molar-refractivity contribution in [3.8, 4) is 0 Å². The first-order valence-corrected chi connectivity index (χ1v) is 5.97. The van der Waals surface area contributed by atoms with Crippen molar-refractivity contribution < 1.29 is 0 Å². The summed E-state index contributed by atoms with van der Waals surface area (Å²) in [5, 5.41) is 3.52. The summed E-state index contributed by atoms with van der Waals surface area (Å²) in [5.41, 5.74) is 1.04. The Morgan fingerprint density at radius 2 is 2.44 bits per heavy atom. The maximum Gasteiger partial charge on any atom is 0.0755 e. The van der Waals surface area contributed by atoms with Gasteiger partial charge < -0.3 is 5.32 Å². The molecule has 2 heterocycles. The molecule has 2 atom stereocenters. The van der Waals surface area contributed by atoms with Crippen molar-refractivity contribution in [2.75, 3.05) is 20.1 Å². The van der Waals surface area contributed by atoms with E-state index in [1.54, 1.807) is 12.4 Å². The van der Waals surface area contributed by atoms with Crippen molar-refractivity contribution in [1.29, 1.82) is 0 Å². The van der Waals surface area contributed by atoms with Crippen molar-refractivity contribution in [2.24, 2.45) is 0 Å². The standard InChI is InChI=1S/C12H20N4/c1-10(12-8-13-6-7-15-12)16(2)9-11-4-3-5-14-11/h6-8,10-11,14H,3-5,9H2,1-2H3/t10-,11+/m0/s1. The zero-order chi connectivity index (χ0) is 11.4. The molecule has 1 saturated heterocycles. The Kier molecular flexibility index (Phi) is 3.85. The largest absolute Gasteiger partial charge is 0.313 e. The molecule has 1 aliphatic rings. The molecule has 1 N–H and O–H groups in total. The summed E-state index contributed by atoms with van der Waals surface area (Å²) in [5.74, 6) is 0. The molecule has 0 bridgehead atoms. The number of nitrogens with zero attached hydrogens (tertiary/aromatic N) is 3. The van der Waals surface area contributed by atoms with Crippen LogP contribution < -0.4 is 5.32 Å². The minimum atomic E-state index is 0.330. The van der Waals surface area contributed by atoms with Crippen molar-refractivity contribution in [3.05, 3.63) is 24.3 Å². The Bertz CT molecular complexity index is 308. The van der Waals surface area contributed by atoms with Gasteiger partial charge in [-0.2, -0.15) is 0 Å². The number of nitrogens with one attached hydrogen (secondary N) is 1. The van der Waals surface area contributed by atoms with Crippen molar-refractivity contribution in [1.82, 2.24) is 20.2 Å². The fourth-order valence-corrected chi connectivity index (χ4v) is 2.17. The molecule has 88 valence electrons. The average Bonchev–Trinajstić information content (AvgIpc) is 2.82. The van der Waals surface area contributed by atoms with E-state index in [0.29, 0.717) is 12.1 Å². The zero-order valence-electron chi connectivity index (χ0n) is 10.1. The minimum Gasteiger partial charge on any atom is -0.313 e. The Morgan fingerprint density at radius 1 is 1.56 bits per heavy atom. The summed E-state index contributed by atoms with van der Waals surface area (Å²) in [6, 6.07) is 0.972. The van der Waals surface area contributed by atoms with Gasteiger partial charge in [0.1, 0.15) is 0 Å². The van der Waals surface area contributed by atoms with Gasteiger partial charge in [0.2, 0.25) is 0 Å². The third-order valence-corrected chi connectivity index (χ3v) is 3.34. The van der Waals surface area contributed by atoms with E-state index in [-0.39, 0.29) is 0 Å². The molecule has 4 heteroatoms. The highest BCUT2D eigenvalue weighted by molar-refractivity contribution is 5.01. The third-order valence-electron chi connectivity index (χ3n) is 3.34. The van der Waals surface area contributed by atoms with Crippen molar-refractivity contribution >= 4 is 0 Å². The molecule has 16 heavy (non-hydrogen) atoms. The molecule has 0 saturated carbocycles. The van der Waals surface area contributed by atoms with Crippen LogP contribution >= 0.6 is 0 Å². The fourth-order valence-electron chi connectivity index (χ4n) is 2.17. The van der Waals surface area contributed by atoms with E-state index < -0.39 is 0 Å². The first-order chi connectivity index (χ1) is 7.77. The van der Waals surface area contributed by atoms with Crippen LogP contribution in [0.25, 0.3) is 0 Å². The highest BCUT2D eigenvalue weighted by Crippen LogP contribution is 2.17. The molecule has 0 radical (unpaired) electrons. The lowest BCUT2D eigenvalue weighted by molar-refractivity contribution is 0.234. The maximum atomic E-state index is 4.35. The predicted octanol–water partition coefficient (Wildman–Crippen LogP) is 1.22. The van der Waals surface area contributed by atoms with Gasteiger partial charge in [0.15, 0.2) is 0 Å². The fraction of sp³-hybridized carbons (Fsp3) is 0.667. The highest BCUT2D eigenvalue weighted by atomic mass is 15.2. The van der Waals surface area contributed by atoms with Crippen LogP contribution in [0.15, 0.2) is 18.6 Å². The SMILES string of the molecule is C[C@@H](c1cnccn1)N(C)C[C@H]1CCCN1. The van der Waals surface area contributed by atoms with E-state index >= 15 is 0 Å². The van der Waals surface area contributed by atoms with Crippen LogP contribution in [0.2, 0.25) is 0 Å². The van der Waals surface area contributed by atoms with Crippen LogP contribution in [-0.4, -0.2) is 41.0 Å². The van der Waals surface area contributed by atoms with Gasteiger partial charge in [-0.15, -0.1) is 0 Å². The van der Waals surface area contributed by atoms with Crippen LogP contribution in [0.3, 0.4) is 0 Å². The zero-order valence-corrected chi connectivity index (χ0v) is 10.1. The summed E-state index contributed by atoms with van der Waals surface area (Å²) in [6.45, 7) is 4.43. The van der Waals surface area contributed by atoms with Gasteiger partial charge in [-0.1, -0.05) is 0 Å². The van der Waals surface area contributed by atoms with E-state index in [9.17, 15) is 0 Å².